The van der Waals surface area contributed by atoms with Crippen LogP contribution in [0.15, 0.2) is 47.4 Å². The molecule has 2 atom stereocenters. The summed E-state index contributed by atoms with van der Waals surface area (Å²) in [5.41, 5.74) is -10.6. The number of ketones is 1. The predicted molar refractivity (Wildman–Crippen MR) is 173 cm³/mol. The second-order valence-electron chi connectivity index (χ2n) is 14.5. The summed E-state index contributed by atoms with van der Waals surface area (Å²) in [4.78, 5) is 53.4. The van der Waals surface area contributed by atoms with E-state index < -0.39 is 120 Å². The monoisotopic (exact) mass is 796 g/mol. The minimum absolute atomic E-state index is 0.0797. The maximum Gasteiger partial charge on any atom is 0.435 e. The first-order valence-corrected chi connectivity index (χ1v) is 18.2. The minimum atomic E-state index is -6.55. The molecule has 296 valence electrons. The van der Waals surface area contributed by atoms with Crippen LogP contribution in [0.4, 0.5) is 45.6 Å². The van der Waals surface area contributed by atoms with Gasteiger partial charge >= 0.3 is 30.1 Å². The largest absolute Gasteiger partial charge is 0.463 e. The number of rotatable bonds is 6. The van der Waals surface area contributed by atoms with Gasteiger partial charge in [-0.15, -0.1) is 0 Å². The standard InChI is InChI=1S/C35H36F8N2O8S/c1-31(2,3)53-30(49)45-18-26-32(54(50,51)23-12-10-22(36)11-13-23,24-14-9-21(17-25(24)45)33(37,34(38,39)40)35(41,42)43)15-16-44(26)28(47)20-7-5-19(6-8-20)27(46)29(48)52-4/h9-14,17,19-20,26H,5-8,15-16,18H2,1-4H3. The van der Waals surface area contributed by atoms with Crippen LogP contribution in [0.25, 0.3) is 0 Å². The van der Waals surface area contributed by atoms with Gasteiger partial charge in [0.25, 0.3) is 0 Å². The zero-order chi connectivity index (χ0) is 40.4. The molecule has 54 heavy (non-hydrogen) atoms. The fraction of sp³-hybridized carbons (Fsp3) is 0.543. The molecule has 5 rings (SSSR count). The highest BCUT2D eigenvalue weighted by molar-refractivity contribution is 7.92. The Labute approximate surface area is 304 Å². The SMILES string of the molecule is COC(=O)C(=O)C1CCC(C(=O)N2CCC3(S(=O)(=O)c4ccc(F)cc4)c4ccc(C(F)(C(F)(F)F)C(F)(F)F)cc4N(C(=O)OC(C)(C)C)CC23)CC1. The average Bonchev–Trinajstić information content (AvgIpc) is 3.49. The van der Waals surface area contributed by atoms with E-state index in [1.165, 1.54) is 20.8 Å². The summed E-state index contributed by atoms with van der Waals surface area (Å²) < 4.78 is 150. The van der Waals surface area contributed by atoms with Crippen LogP contribution in [-0.4, -0.2) is 81.3 Å². The van der Waals surface area contributed by atoms with Crippen LogP contribution in [0.2, 0.25) is 0 Å². The molecule has 2 amide bonds. The van der Waals surface area contributed by atoms with Crippen LogP contribution in [0.5, 0.6) is 0 Å². The summed E-state index contributed by atoms with van der Waals surface area (Å²) >= 11 is 0. The van der Waals surface area contributed by atoms with Crippen molar-refractivity contribution >= 4 is 39.3 Å². The quantitative estimate of drug-likeness (QED) is 0.137. The first kappa shape index (κ1) is 40.9. The Morgan fingerprint density at radius 3 is 1.91 bits per heavy atom. The van der Waals surface area contributed by atoms with Crippen molar-refractivity contribution in [2.75, 3.05) is 25.1 Å². The number of nitrogens with zero attached hydrogens (tertiary/aromatic N) is 2. The van der Waals surface area contributed by atoms with E-state index in [1.54, 1.807) is 0 Å². The molecule has 0 radical (unpaired) electrons. The number of benzene rings is 2. The molecule has 1 saturated carbocycles. The lowest BCUT2D eigenvalue weighted by Crippen LogP contribution is -2.60. The first-order valence-electron chi connectivity index (χ1n) is 16.7. The number of sulfone groups is 1. The topological polar surface area (TPSA) is 127 Å². The van der Waals surface area contributed by atoms with E-state index in [2.05, 4.69) is 4.74 Å². The van der Waals surface area contributed by atoms with Gasteiger partial charge in [-0.25, -0.2) is 26.8 Å². The van der Waals surface area contributed by atoms with Gasteiger partial charge in [0, 0.05) is 23.9 Å². The Morgan fingerprint density at radius 2 is 1.39 bits per heavy atom. The lowest BCUT2D eigenvalue weighted by molar-refractivity contribution is -0.348. The molecular formula is C35H36F8N2O8S. The van der Waals surface area contributed by atoms with Gasteiger partial charge in [0.2, 0.25) is 11.7 Å². The number of carbonyl (C=O) groups excluding carboxylic acids is 4. The number of hydrogen-bond acceptors (Lipinski definition) is 8. The van der Waals surface area contributed by atoms with Gasteiger partial charge in [-0.1, -0.05) is 12.1 Å². The minimum Gasteiger partial charge on any atom is -0.463 e. The third kappa shape index (κ3) is 6.69. The second kappa shape index (κ2) is 13.8. The number of amides is 2. The van der Waals surface area contributed by atoms with Gasteiger partial charge < -0.3 is 14.4 Å². The lowest BCUT2D eigenvalue weighted by atomic mass is 9.79. The maximum absolute atomic E-state index is 15.5. The number of fused-ring (bicyclic) bond motifs is 3. The van der Waals surface area contributed by atoms with Crippen molar-refractivity contribution in [2.24, 2.45) is 11.8 Å². The lowest BCUT2D eigenvalue weighted by Gasteiger charge is -2.47. The molecule has 0 aromatic heterocycles. The second-order valence-corrected chi connectivity index (χ2v) is 16.7. The average molecular weight is 797 g/mol. The Bertz CT molecular complexity index is 1920. The van der Waals surface area contributed by atoms with E-state index in [9.17, 15) is 58.3 Å². The molecule has 2 aromatic carbocycles. The third-order valence-electron chi connectivity index (χ3n) is 10.3. The van der Waals surface area contributed by atoms with Crippen LogP contribution in [0, 0.1) is 17.7 Å². The number of alkyl halides is 7. The number of likely N-dealkylation sites (tertiary alicyclic amines) is 1. The smallest absolute Gasteiger partial charge is 0.435 e. The van der Waals surface area contributed by atoms with Gasteiger partial charge in [-0.2, -0.15) is 26.3 Å². The highest BCUT2D eigenvalue weighted by Crippen LogP contribution is 2.58. The van der Waals surface area contributed by atoms with Crippen molar-refractivity contribution in [3.63, 3.8) is 0 Å². The van der Waals surface area contributed by atoms with Gasteiger partial charge in [0.1, 0.15) is 16.2 Å². The number of carbonyl (C=O) groups is 4. The summed E-state index contributed by atoms with van der Waals surface area (Å²) in [5, 5.41) is 0. The molecule has 0 bridgehead atoms. The van der Waals surface area contributed by atoms with Crippen molar-refractivity contribution in [1.29, 1.82) is 0 Å². The molecule has 2 unspecified atom stereocenters. The van der Waals surface area contributed by atoms with E-state index in [4.69, 9.17) is 4.74 Å². The van der Waals surface area contributed by atoms with Crippen molar-refractivity contribution < 1.29 is 72.2 Å². The van der Waals surface area contributed by atoms with Crippen molar-refractivity contribution in [1.82, 2.24) is 4.90 Å². The summed E-state index contributed by atoms with van der Waals surface area (Å²) in [6, 6.07) is 2.69. The Hall–Kier alpha value is -4.29. The number of ether oxygens (including phenoxy) is 2. The number of esters is 1. The molecule has 2 heterocycles. The van der Waals surface area contributed by atoms with E-state index >= 15 is 4.39 Å². The number of hydrogen-bond donors (Lipinski definition) is 0. The number of anilines is 1. The van der Waals surface area contributed by atoms with Crippen molar-refractivity contribution in [3.05, 3.63) is 59.4 Å². The van der Waals surface area contributed by atoms with Crippen molar-refractivity contribution in [3.8, 4) is 0 Å². The Balaban J connectivity index is 1.71. The normalized spacial score (nSPS) is 23.7. The van der Waals surface area contributed by atoms with Crippen molar-refractivity contribution in [2.45, 2.75) is 92.2 Å². The molecule has 10 nitrogen and oxygen atoms in total. The summed E-state index contributed by atoms with van der Waals surface area (Å²) in [6.45, 7) is 3.03. The highest BCUT2D eigenvalue weighted by Gasteiger charge is 2.74. The number of halogens is 8. The van der Waals surface area contributed by atoms with Crippen LogP contribution in [-0.2, 0) is 44.1 Å². The van der Waals surface area contributed by atoms with E-state index in [-0.39, 0.29) is 44.4 Å². The van der Waals surface area contributed by atoms with Crippen LogP contribution in [0.3, 0.4) is 0 Å². The van der Waals surface area contributed by atoms with E-state index in [0.29, 0.717) is 11.0 Å². The van der Waals surface area contributed by atoms with E-state index in [0.717, 1.165) is 36.3 Å². The molecule has 2 aliphatic heterocycles. The third-order valence-corrected chi connectivity index (χ3v) is 12.8. The molecule has 1 aliphatic carbocycles. The zero-order valence-corrected chi connectivity index (χ0v) is 30.1. The molecule has 0 N–H and O–H groups in total. The number of Topliss-reactive ketones (excluding diaryl/α,β-unsaturated/α-hetero) is 1. The van der Waals surface area contributed by atoms with Gasteiger partial charge in [0.15, 0.2) is 9.84 Å². The molecule has 0 spiro atoms. The molecule has 2 aromatic rings. The molecule has 1 saturated heterocycles. The molecule has 19 heteroatoms. The highest BCUT2D eigenvalue weighted by atomic mass is 32.2. The summed E-state index contributed by atoms with van der Waals surface area (Å²) in [6.07, 6.45) is -14.6. The molecule has 3 aliphatic rings. The maximum atomic E-state index is 15.5. The zero-order valence-electron chi connectivity index (χ0n) is 29.3. The van der Waals surface area contributed by atoms with Gasteiger partial charge in [-0.3, -0.25) is 14.5 Å². The van der Waals surface area contributed by atoms with Gasteiger partial charge in [0.05, 0.1) is 30.3 Å². The number of methoxy groups -OCH3 is 1. The van der Waals surface area contributed by atoms with Crippen LogP contribution < -0.4 is 4.90 Å². The Kier molecular flexibility index (Phi) is 10.4. The fourth-order valence-electron chi connectivity index (χ4n) is 7.65. The molecule has 2 fully saturated rings. The van der Waals surface area contributed by atoms with E-state index in [1.807, 2.05) is 0 Å². The Morgan fingerprint density at radius 1 is 0.833 bits per heavy atom. The predicted octanol–water partition coefficient (Wildman–Crippen LogP) is 6.69. The van der Waals surface area contributed by atoms with Crippen LogP contribution >= 0.6 is 0 Å². The molecular weight excluding hydrogens is 760 g/mol. The fourth-order valence-corrected chi connectivity index (χ4v) is 9.94. The summed E-state index contributed by atoms with van der Waals surface area (Å²) in [5.74, 6) is -4.86. The first-order chi connectivity index (χ1) is 24.8. The van der Waals surface area contributed by atoms with Gasteiger partial charge in [-0.05, 0) is 88.8 Å². The van der Waals surface area contributed by atoms with Crippen LogP contribution in [0.1, 0.15) is 64.0 Å². The summed E-state index contributed by atoms with van der Waals surface area (Å²) in [7, 11) is -3.84.